The van der Waals surface area contributed by atoms with Crippen molar-refractivity contribution in [2.24, 2.45) is 0 Å². The molecule has 5 rings (SSSR count). The molecule has 0 spiro atoms. The van der Waals surface area contributed by atoms with Gasteiger partial charge in [0.1, 0.15) is 0 Å². The van der Waals surface area contributed by atoms with Crippen molar-refractivity contribution in [2.75, 3.05) is 0 Å². The third kappa shape index (κ3) is 4.12. The molecule has 0 saturated heterocycles. The maximum atomic E-state index is 2.58. The third-order valence-electron chi connectivity index (χ3n) is 8.54. The predicted molar refractivity (Wildman–Crippen MR) is 125 cm³/mol. The summed E-state index contributed by atoms with van der Waals surface area (Å²) in [6.07, 6.45) is 7.35. The maximum Gasteiger partial charge on any atom is 3.00 e. The maximum absolute atomic E-state index is 2.58. The van der Waals surface area contributed by atoms with Crippen LogP contribution in [0.4, 0.5) is 0 Å². The van der Waals surface area contributed by atoms with Gasteiger partial charge in [-0.2, -0.15) is 6.42 Å². The summed E-state index contributed by atoms with van der Waals surface area (Å²) in [5.41, 5.74) is 13.3. The molecule has 171 valence electrons. The Morgan fingerprint density at radius 2 is 1.00 bits per heavy atom. The second kappa shape index (κ2) is 8.53. The van der Waals surface area contributed by atoms with E-state index in [-0.39, 0.29) is 72.7 Å². The summed E-state index contributed by atoms with van der Waals surface area (Å²) in [5, 5.41) is 0. The Balaban J connectivity index is 0.00000121. The quantitative estimate of drug-likeness (QED) is 0.377. The van der Waals surface area contributed by atoms with Crippen LogP contribution < -0.4 is 24.8 Å². The van der Waals surface area contributed by atoms with E-state index in [1.54, 1.807) is 27.8 Å². The van der Waals surface area contributed by atoms with E-state index < -0.39 is 0 Å². The Bertz CT molecular complexity index is 960. The van der Waals surface area contributed by atoms with Gasteiger partial charge in [-0.15, -0.1) is 5.41 Å². The largest absolute Gasteiger partial charge is 3.00 e. The second-order valence-electron chi connectivity index (χ2n) is 12.6. The van der Waals surface area contributed by atoms with Crippen molar-refractivity contribution in [3.05, 3.63) is 64.1 Å². The summed E-state index contributed by atoms with van der Waals surface area (Å²) in [4.78, 5) is 0. The first-order valence-electron chi connectivity index (χ1n) is 11.5. The smallest absolute Gasteiger partial charge is 1.00 e. The molecular weight excluding hydrogens is 510 g/mol. The van der Waals surface area contributed by atoms with Crippen LogP contribution >= 0.6 is 0 Å². The number of fused-ring (bicyclic) bond motifs is 5. The molecule has 0 bridgehead atoms. The summed E-state index contributed by atoms with van der Waals surface area (Å²) < 4.78 is 0. The second-order valence-corrected chi connectivity index (χ2v) is 12.6. The molecule has 0 fully saturated rings. The number of hydrogen-bond acceptors (Lipinski definition) is 0. The zero-order chi connectivity index (χ0) is 21.0. The van der Waals surface area contributed by atoms with Gasteiger partial charge in [-0.05, 0) is 74.5 Å². The van der Waals surface area contributed by atoms with Crippen LogP contribution in [0.5, 0.6) is 0 Å². The average molecular weight is 548 g/mol. The van der Waals surface area contributed by atoms with Crippen molar-refractivity contribution < 1.29 is 51.0 Å². The van der Waals surface area contributed by atoms with Crippen LogP contribution in [0.3, 0.4) is 0 Å². The molecule has 32 heavy (non-hydrogen) atoms. The molecule has 0 nitrogen and oxygen atoms in total. The predicted octanol–water partition coefficient (Wildman–Crippen LogP) is 1.78. The van der Waals surface area contributed by atoms with E-state index >= 15 is 0 Å². The summed E-state index contributed by atoms with van der Waals surface area (Å²) in [7, 11) is 0. The van der Waals surface area contributed by atoms with E-state index in [1.807, 2.05) is 0 Å². The molecule has 0 amide bonds. The molecule has 0 heterocycles. The Kier molecular flexibility index (Phi) is 7.51. The first-order valence-corrected chi connectivity index (χ1v) is 11.5. The van der Waals surface area contributed by atoms with Crippen LogP contribution in [0, 0.1) is 6.42 Å². The van der Waals surface area contributed by atoms with Crippen LogP contribution in [0.1, 0.15) is 108 Å². The number of benzene rings is 2. The van der Waals surface area contributed by atoms with Gasteiger partial charge in [0.05, 0.1) is 0 Å². The fraction of sp³-hybridized carbons (Fsp3) is 0.552. The van der Waals surface area contributed by atoms with Gasteiger partial charge in [0.2, 0.25) is 0 Å². The van der Waals surface area contributed by atoms with E-state index in [0.29, 0.717) is 0 Å². The molecule has 0 saturated carbocycles. The average Bonchev–Trinajstić information content (AvgIpc) is 2.98. The first kappa shape index (κ1) is 28.1. The minimum atomic E-state index is 0. The first-order chi connectivity index (χ1) is 13.3. The van der Waals surface area contributed by atoms with Crippen molar-refractivity contribution in [2.45, 2.75) is 103 Å². The van der Waals surface area contributed by atoms with Gasteiger partial charge in [0.25, 0.3) is 0 Å². The molecule has 0 atom stereocenters. The fourth-order valence-electron chi connectivity index (χ4n) is 6.13. The monoisotopic (exact) mass is 545 g/mol. The van der Waals surface area contributed by atoms with Crippen LogP contribution in [0.25, 0.3) is 11.1 Å². The molecule has 1 radical (unpaired) electrons. The number of rotatable bonds is 0. The zero-order valence-electron chi connectivity index (χ0n) is 21.0. The van der Waals surface area contributed by atoms with E-state index in [9.17, 15) is 0 Å². The van der Waals surface area contributed by atoms with E-state index in [2.05, 4.69) is 86.1 Å². The molecule has 2 aromatic carbocycles. The van der Waals surface area contributed by atoms with Gasteiger partial charge in [-0.1, -0.05) is 85.2 Å². The van der Waals surface area contributed by atoms with Gasteiger partial charge in [-0.25, -0.2) is 0 Å². The van der Waals surface area contributed by atoms with Crippen molar-refractivity contribution >= 4 is 0 Å². The van der Waals surface area contributed by atoms with E-state index in [0.717, 1.165) is 12.8 Å². The summed E-state index contributed by atoms with van der Waals surface area (Å²) in [6.45, 7) is 19.4. The van der Waals surface area contributed by atoms with Crippen molar-refractivity contribution in [1.29, 1.82) is 0 Å². The van der Waals surface area contributed by atoms with Crippen molar-refractivity contribution in [1.82, 2.24) is 0 Å². The van der Waals surface area contributed by atoms with E-state index in [1.165, 1.54) is 29.5 Å². The Morgan fingerprint density at radius 1 is 0.594 bits per heavy atom. The van der Waals surface area contributed by atoms with Gasteiger partial charge in [0.15, 0.2) is 0 Å². The molecule has 3 heteroatoms. The summed E-state index contributed by atoms with van der Waals surface area (Å²) in [5.74, 6) is 0. The molecule has 2 aromatic rings. The normalized spacial score (nSPS) is 22.0. The van der Waals surface area contributed by atoms with Gasteiger partial charge in [0, 0.05) is 0 Å². The minimum Gasteiger partial charge on any atom is -1.00 e. The third-order valence-corrected chi connectivity index (χ3v) is 8.54. The summed E-state index contributed by atoms with van der Waals surface area (Å²) in [6, 6.07) is 10.3. The van der Waals surface area contributed by atoms with Crippen LogP contribution in [-0.4, -0.2) is 0 Å². The topological polar surface area (TPSA) is 0 Å². The number of halogens is 2. The summed E-state index contributed by atoms with van der Waals surface area (Å²) >= 11 is 0. The molecule has 3 aliphatic carbocycles. The fourth-order valence-corrected chi connectivity index (χ4v) is 6.13. The Morgan fingerprint density at radius 3 is 1.50 bits per heavy atom. The van der Waals surface area contributed by atoms with Gasteiger partial charge >= 0.3 is 26.2 Å². The Hall–Kier alpha value is -0.0969. The molecular formula is C29H37Cl2Zr. The van der Waals surface area contributed by atoms with E-state index in [4.69, 9.17) is 0 Å². The minimum absolute atomic E-state index is 0. The van der Waals surface area contributed by atoms with Crippen LogP contribution in [0.15, 0.2) is 24.3 Å². The zero-order valence-corrected chi connectivity index (χ0v) is 24.9. The Labute approximate surface area is 227 Å². The standard InChI is InChI=1S/C29H37.2ClH.Zr/c1-26(2)9-11-28(5,6)24-16-20-18(14-22(24)26)13-19-15-23-25(17-21(19)20)29(7,8)12-10-27(23,3)4;;;/h9,14-17H,10-13H2,1-8H3;2*1H;/q-1;;;+3/p-2. The van der Waals surface area contributed by atoms with Gasteiger partial charge in [-0.3, -0.25) is 0 Å². The van der Waals surface area contributed by atoms with Crippen LogP contribution in [-0.2, 0) is 54.3 Å². The number of hydrogen-bond donors (Lipinski definition) is 0. The molecule has 0 aliphatic heterocycles. The molecule has 3 aliphatic rings. The van der Waals surface area contributed by atoms with Crippen molar-refractivity contribution in [3.63, 3.8) is 0 Å². The molecule has 0 N–H and O–H groups in total. The SMILES string of the molecule is CC1(C)[CH-]CC(C)(C)c2cc3c(cc21)Cc1cc2c(cc1-3)C(C)(C)CCC2(C)C.[Cl-].[Cl-].[Zr+3]. The molecule has 0 aromatic heterocycles. The molecule has 0 unspecified atom stereocenters. The van der Waals surface area contributed by atoms with Crippen LogP contribution in [0.2, 0.25) is 0 Å². The van der Waals surface area contributed by atoms with Gasteiger partial charge < -0.3 is 31.2 Å². The van der Waals surface area contributed by atoms with Crippen molar-refractivity contribution in [3.8, 4) is 11.1 Å².